The van der Waals surface area contributed by atoms with Crippen LogP contribution in [0.3, 0.4) is 0 Å². The number of nitrogens with zero attached hydrogens (tertiary/aromatic N) is 1. The van der Waals surface area contributed by atoms with Crippen molar-refractivity contribution in [2.24, 2.45) is 17.4 Å². The molecule has 1 heterocycles. The SMILES string of the molecule is CCC(C)C(NC(=O)C1CCCN1C(=O)CNC(=O)C(N)CC(N)=O)C(=O)O. The molecule has 0 aromatic carbocycles. The Morgan fingerprint density at radius 3 is 2.43 bits per heavy atom. The lowest BCUT2D eigenvalue weighted by molar-refractivity contribution is -0.145. The molecule has 1 fully saturated rings. The summed E-state index contributed by atoms with van der Waals surface area (Å²) in [4.78, 5) is 60.2. The molecule has 0 spiro atoms. The molecule has 4 atom stereocenters. The highest BCUT2D eigenvalue weighted by Gasteiger charge is 2.36. The second-order valence-electron chi connectivity index (χ2n) is 6.95. The van der Waals surface area contributed by atoms with Crippen molar-refractivity contribution in [2.75, 3.05) is 13.1 Å². The maximum Gasteiger partial charge on any atom is 0.326 e. The second-order valence-corrected chi connectivity index (χ2v) is 6.95. The molecular weight excluding hydrogens is 370 g/mol. The molecule has 11 heteroatoms. The Bertz CT molecular complexity index is 625. The van der Waals surface area contributed by atoms with Crippen molar-refractivity contribution >= 4 is 29.6 Å². The lowest BCUT2D eigenvalue weighted by atomic mass is 9.99. The van der Waals surface area contributed by atoms with Gasteiger partial charge in [-0.2, -0.15) is 0 Å². The molecule has 7 N–H and O–H groups in total. The van der Waals surface area contributed by atoms with Gasteiger partial charge in [0, 0.05) is 6.54 Å². The van der Waals surface area contributed by atoms with Crippen LogP contribution < -0.4 is 22.1 Å². The lowest BCUT2D eigenvalue weighted by Gasteiger charge is -2.27. The number of rotatable bonds is 10. The number of carboxylic acid groups (broad SMARTS) is 1. The number of primary amides is 1. The van der Waals surface area contributed by atoms with Gasteiger partial charge >= 0.3 is 5.97 Å². The Morgan fingerprint density at radius 1 is 1.25 bits per heavy atom. The van der Waals surface area contributed by atoms with E-state index in [0.717, 1.165) is 0 Å². The largest absolute Gasteiger partial charge is 0.480 e. The summed E-state index contributed by atoms with van der Waals surface area (Å²) in [6.07, 6.45) is 1.21. The molecule has 0 saturated carbocycles. The Hall–Kier alpha value is -2.69. The molecule has 0 aromatic rings. The van der Waals surface area contributed by atoms with Crippen LogP contribution in [0, 0.1) is 5.92 Å². The van der Waals surface area contributed by atoms with Crippen LogP contribution in [-0.4, -0.2) is 70.8 Å². The monoisotopic (exact) mass is 399 g/mol. The van der Waals surface area contributed by atoms with Gasteiger partial charge in [-0.15, -0.1) is 0 Å². The quantitative estimate of drug-likeness (QED) is 0.279. The van der Waals surface area contributed by atoms with Crippen LogP contribution in [-0.2, 0) is 24.0 Å². The van der Waals surface area contributed by atoms with Crippen molar-refractivity contribution in [3.8, 4) is 0 Å². The maximum absolute atomic E-state index is 12.5. The van der Waals surface area contributed by atoms with Crippen LogP contribution >= 0.6 is 0 Å². The van der Waals surface area contributed by atoms with Gasteiger partial charge in [0.2, 0.25) is 23.6 Å². The van der Waals surface area contributed by atoms with E-state index in [1.807, 2.05) is 6.92 Å². The number of hydrogen-bond donors (Lipinski definition) is 5. The van der Waals surface area contributed by atoms with Gasteiger partial charge in [-0.3, -0.25) is 19.2 Å². The van der Waals surface area contributed by atoms with Gasteiger partial charge in [-0.1, -0.05) is 20.3 Å². The van der Waals surface area contributed by atoms with E-state index in [1.54, 1.807) is 6.92 Å². The van der Waals surface area contributed by atoms with Gasteiger partial charge < -0.3 is 32.1 Å². The molecule has 0 bridgehead atoms. The van der Waals surface area contributed by atoms with Gasteiger partial charge in [0.25, 0.3) is 0 Å². The number of carbonyl (C=O) groups excluding carboxylic acids is 4. The molecule has 158 valence electrons. The van der Waals surface area contributed by atoms with E-state index >= 15 is 0 Å². The number of nitrogens with two attached hydrogens (primary N) is 2. The molecule has 0 radical (unpaired) electrons. The van der Waals surface area contributed by atoms with Crippen molar-refractivity contribution < 1.29 is 29.1 Å². The van der Waals surface area contributed by atoms with Crippen LogP contribution in [0.5, 0.6) is 0 Å². The van der Waals surface area contributed by atoms with Crippen LogP contribution in [0.2, 0.25) is 0 Å². The number of nitrogens with one attached hydrogen (secondary N) is 2. The van der Waals surface area contributed by atoms with E-state index in [2.05, 4.69) is 10.6 Å². The number of hydrogen-bond acceptors (Lipinski definition) is 6. The van der Waals surface area contributed by atoms with Crippen molar-refractivity contribution in [2.45, 2.75) is 57.7 Å². The zero-order valence-electron chi connectivity index (χ0n) is 16.1. The van der Waals surface area contributed by atoms with Gasteiger partial charge in [0.1, 0.15) is 12.1 Å². The number of likely N-dealkylation sites (tertiary alicyclic amines) is 1. The van der Waals surface area contributed by atoms with E-state index < -0.39 is 47.7 Å². The predicted octanol–water partition coefficient (Wildman–Crippen LogP) is -2.09. The third kappa shape index (κ3) is 6.48. The van der Waals surface area contributed by atoms with Crippen LogP contribution in [0.25, 0.3) is 0 Å². The maximum atomic E-state index is 12.5. The summed E-state index contributed by atoms with van der Waals surface area (Å²) in [5.41, 5.74) is 10.5. The fraction of sp³-hybridized carbons (Fsp3) is 0.706. The summed E-state index contributed by atoms with van der Waals surface area (Å²) in [5, 5.41) is 14.1. The Labute approximate surface area is 163 Å². The smallest absolute Gasteiger partial charge is 0.326 e. The highest BCUT2D eigenvalue weighted by molar-refractivity contribution is 5.93. The summed E-state index contributed by atoms with van der Waals surface area (Å²) in [5.74, 6) is -3.86. The van der Waals surface area contributed by atoms with Gasteiger partial charge in [-0.05, 0) is 18.8 Å². The molecule has 0 aromatic heterocycles. The number of carboxylic acids is 1. The van der Waals surface area contributed by atoms with E-state index in [9.17, 15) is 29.1 Å². The number of amides is 4. The zero-order chi connectivity index (χ0) is 21.4. The summed E-state index contributed by atoms with van der Waals surface area (Å²) >= 11 is 0. The number of carbonyl (C=O) groups is 5. The topological polar surface area (TPSA) is 185 Å². The summed E-state index contributed by atoms with van der Waals surface area (Å²) in [6, 6.07) is -2.99. The fourth-order valence-electron chi connectivity index (χ4n) is 2.98. The molecule has 1 saturated heterocycles. The number of aliphatic carboxylic acids is 1. The minimum Gasteiger partial charge on any atom is -0.480 e. The molecule has 1 rings (SSSR count). The summed E-state index contributed by atoms with van der Waals surface area (Å²) in [6.45, 7) is 3.48. The summed E-state index contributed by atoms with van der Waals surface area (Å²) < 4.78 is 0. The van der Waals surface area contributed by atoms with Crippen molar-refractivity contribution in [1.82, 2.24) is 15.5 Å². The normalized spacial score (nSPS) is 19.4. The summed E-state index contributed by atoms with van der Waals surface area (Å²) in [7, 11) is 0. The third-order valence-electron chi connectivity index (χ3n) is 4.82. The first kappa shape index (κ1) is 23.3. The Balaban J connectivity index is 2.66. The van der Waals surface area contributed by atoms with E-state index in [1.165, 1.54) is 4.90 Å². The second kappa shape index (κ2) is 10.6. The Kier molecular flexibility index (Phi) is 8.83. The van der Waals surface area contributed by atoms with E-state index in [0.29, 0.717) is 25.8 Å². The first-order chi connectivity index (χ1) is 13.1. The highest BCUT2D eigenvalue weighted by Crippen LogP contribution is 2.18. The Morgan fingerprint density at radius 2 is 1.89 bits per heavy atom. The average molecular weight is 399 g/mol. The molecule has 11 nitrogen and oxygen atoms in total. The molecule has 28 heavy (non-hydrogen) atoms. The first-order valence-electron chi connectivity index (χ1n) is 9.22. The minimum atomic E-state index is -1.16. The fourth-order valence-corrected chi connectivity index (χ4v) is 2.98. The standard InChI is InChI=1S/C17H29N5O6/c1-3-9(2)14(17(27)28)21-16(26)11-5-4-6-22(11)13(24)8-20-15(25)10(18)7-12(19)23/h9-11,14H,3-8,18H2,1-2H3,(H2,19,23)(H,20,25)(H,21,26)(H,27,28). The van der Waals surface area contributed by atoms with Crippen molar-refractivity contribution in [1.29, 1.82) is 0 Å². The van der Waals surface area contributed by atoms with Crippen LogP contribution in [0.15, 0.2) is 0 Å². The van der Waals surface area contributed by atoms with Crippen LogP contribution in [0.4, 0.5) is 0 Å². The van der Waals surface area contributed by atoms with Gasteiger partial charge in [-0.25, -0.2) is 4.79 Å². The predicted molar refractivity (Wildman–Crippen MR) is 98.6 cm³/mol. The van der Waals surface area contributed by atoms with Crippen LogP contribution in [0.1, 0.15) is 39.5 Å². The van der Waals surface area contributed by atoms with E-state index in [-0.39, 0.29) is 18.9 Å². The third-order valence-corrected chi connectivity index (χ3v) is 4.82. The van der Waals surface area contributed by atoms with E-state index in [4.69, 9.17) is 11.5 Å². The molecule has 0 aliphatic carbocycles. The van der Waals surface area contributed by atoms with Gasteiger partial charge in [0.05, 0.1) is 19.0 Å². The lowest BCUT2D eigenvalue weighted by Crippen LogP contribution is -2.54. The molecular formula is C17H29N5O6. The van der Waals surface area contributed by atoms with Gasteiger partial charge in [0.15, 0.2) is 0 Å². The highest BCUT2D eigenvalue weighted by atomic mass is 16.4. The molecule has 4 unspecified atom stereocenters. The first-order valence-corrected chi connectivity index (χ1v) is 9.22. The molecule has 4 amide bonds. The minimum absolute atomic E-state index is 0.266. The van der Waals surface area contributed by atoms with Crippen molar-refractivity contribution in [3.63, 3.8) is 0 Å². The zero-order valence-corrected chi connectivity index (χ0v) is 16.1. The molecule has 1 aliphatic heterocycles. The van der Waals surface area contributed by atoms with Crippen molar-refractivity contribution in [3.05, 3.63) is 0 Å². The molecule has 1 aliphatic rings. The average Bonchev–Trinajstić information content (AvgIpc) is 3.12.